The zero-order valence-corrected chi connectivity index (χ0v) is 12.2. The van der Waals surface area contributed by atoms with Gasteiger partial charge in [0.1, 0.15) is 0 Å². The Kier molecular flexibility index (Phi) is 7.05. The average molecular weight is 243 g/mol. The maximum absolute atomic E-state index is 3.88. The predicted molar refractivity (Wildman–Crippen MR) is 103 cm³/mol. The Morgan fingerprint density at radius 2 is 1.65 bits per heavy atom. The van der Waals surface area contributed by atoms with E-state index in [4.69, 9.17) is 0 Å². The third-order valence-electron chi connectivity index (χ3n) is 4.42. The van der Waals surface area contributed by atoms with Crippen LogP contribution in [0.2, 0.25) is 11.0 Å². The molecule has 3 saturated heterocycles. The maximum Gasteiger partial charge on any atom is 0.0611 e. The largest absolute Gasteiger partial charge is 0.104 e. The van der Waals surface area contributed by atoms with Crippen molar-refractivity contribution in [1.29, 1.82) is 0 Å². The van der Waals surface area contributed by atoms with Gasteiger partial charge in [-0.25, -0.2) is 0 Å². The van der Waals surface area contributed by atoms with E-state index in [1.54, 1.807) is 0 Å². The molecular weight excluding hydrogens is 228 g/mol. The van der Waals surface area contributed by atoms with Crippen molar-refractivity contribution < 1.29 is 0 Å². The summed E-state index contributed by atoms with van der Waals surface area (Å²) < 4.78 is 0. The van der Waals surface area contributed by atoms with Crippen LogP contribution >= 0.6 is 0 Å². The Hall–Kier alpha value is 0.129. The van der Waals surface area contributed by atoms with Gasteiger partial charge in [0.2, 0.25) is 0 Å². The van der Waals surface area contributed by atoms with Crippen LogP contribution in [-0.2, 0) is 0 Å². The van der Waals surface area contributed by atoms with Crippen molar-refractivity contribution in [3.05, 3.63) is 25.3 Å². The third-order valence-corrected chi connectivity index (χ3v) is 4.42. The van der Waals surface area contributed by atoms with Crippen molar-refractivity contribution in [2.45, 2.75) is 36.7 Å². The van der Waals surface area contributed by atoms with E-state index < -0.39 is 0 Å². The van der Waals surface area contributed by atoms with Gasteiger partial charge in [0.25, 0.3) is 0 Å². The van der Waals surface area contributed by atoms with E-state index in [1.807, 2.05) is 12.2 Å². The quantitative estimate of drug-likeness (QED) is 0.442. The number of hydrogen-bond donors (Lipinski definition) is 0. The molecule has 0 nitrogen and oxygen atoms in total. The number of rotatable bonds is 6. The molecule has 3 aliphatic heterocycles. The molecule has 3 aliphatic rings. The normalized spacial score (nSPS) is 27.4. The van der Waals surface area contributed by atoms with Crippen molar-refractivity contribution in [3.8, 4) is 0 Å². The topological polar surface area (TPSA) is 0 Å². The Labute approximate surface area is 132 Å². The smallest absolute Gasteiger partial charge is 0.0611 e. The van der Waals surface area contributed by atoms with Crippen LogP contribution < -0.4 is 0 Å². The molecule has 0 unspecified atom stereocenters. The van der Waals surface area contributed by atoms with Crippen LogP contribution in [0, 0.1) is 0 Å². The molecule has 3 heterocycles. The van der Waals surface area contributed by atoms with Gasteiger partial charge in [0.05, 0.1) is 20.8 Å². The molecule has 2 atom stereocenters. The van der Waals surface area contributed by atoms with Crippen molar-refractivity contribution >= 4 is 70.3 Å². The van der Waals surface area contributed by atoms with Crippen molar-refractivity contribution in [2.24, 2.45) is 0 Å². The molecule has 0 N–H and O–H groups in total. The van der Waals surface area contributed by atoms with Crippen LogP contribution in [0.15, 0.2) is 25.3 Å². The summed E-state index contributed by atoms with van der Waals surface area (Å²) in [5, 5.41) is 0.237. The highest BCUT2D eigenvalue weighted by Crippen LogP contribution is 2.55. The minimum atomic E-state index is 0.237. The minimum absolute atomic E-state index is 0.237. The molecule has 2 bridgehead atoms. The fourth-order valence-corrected chi connectivity index (χ4v) is 3.35. The van der Waals surface area contributed by atoms with E-state index in [0.717, 1.165) is 12.8 Å². The maximum atomic E-state index is 3.88. The summed E-state index contributed by atoms with van der Waals surface area (Å²) in [5.41, 5.74) is 0. The zero-order chi connectivity index (χ0) is 14.3. The van der Waals surface area contributed by atoms with Gasteiger partial charge in [-0.05, 0) is 12.8 Å². The van der Waals surface area contributed by atoms with Crippen LogP contribution in [-0.4, -0.2) is 70.3 Å². The summed E-state index contributed by atoms with van der Waals surface area (Å²) in [5.74, 6) is 0.688. The second-order valence-electron chi connectivity index (χ2n) is 5.67. The second kappa shape index (κ2) is 8.54. The highest BCUT2D eigenvalue weighted by Gasteiger charge is 2.51. The number of allylic oxidation sites excluding steroid dienone is 2. The third kappa shape index (κ3) is 4.08. The molecular formula is C10H15B10. The molecule has 0 aromatic heterocycles. The Balaban J connectivity index is 2.03. The summed E-state index contributed by atoms with van der Waals surface area (Å²) in [7, 11) is 20.0. The van der Waals surface area contributed by atoms with Gasteiger partial charge >= 0.3 is 0 Å². The molecule has 20 heavy (non-hydrogen) atoms. The van der Waals surface area contributed by atoms with Crippen LogP contribution in [0.4, 0.5) is 0 Å². The molecule has 0 aromatic rings. The second-order valence-corrected chi connectivity index (χ2v) is 5.67. The molecule has 85 valence electrons. The highest BCUT2D eigenvalue weighted by atomic mass is 14.2. The number of hydrogen-bond acceptors (Lipinski definition) is 0. The van der Waals surface area contributed by atoms with E-state index >= 15 is 0 Å². The number of fused-ring (bicyclic) bond motifs is 7. The SMILES string of the molecule is C=CCC[C@@H]1B2[B][B][B][B][B][B][B][B][C@]1(CCC=C)[B]2. The first kappa shape index (κ1) is 16.5. The summed E-state index contributed by atoms with van der Waals surface area (Å²) in [6.07, 6.45) is 8.62. The highest BCUT2D eigenvalue weighted by molar-refractivity contribution is 7.73. The lowest BCUT2D eigenvalue weighted by Gasteiger charge is -2.56. The summed E-state index contributed by atoms with van der Waals surface area (Å²) in [6.45, 7) is 8.34. The van der Waals surface area contributed by atoms with Crippen LogP contribution in [0.1, 0.15) is 25.7 Å². The molecule has 0 spiro atoms. The van der Waals surface area contributed by atoms with Crippen LogP contribution in [0.25, 0.3) is 0 Å². The van der Waals surface area contributed by atoms with Crippen LogP contribution in [0.3, 0.4) is 0 Å². The van der Waals surface area contributed by atoms with Crippen molar-refractivity contribution in [1.82, 2.24) is 0 Å². The minimum Gasteiger partial charge on any atom is -0.104 e. The van der Waals surface area contributed by atoms with Crippen molar-refractivity contribution in [3.63, 3.8) is 0 Å². The standard InChI is InChI=1S/C10H15B10/c1-3-5-7-9-10(8-6-4-2)11-13-14-15-16-17-18-19-20(9)12-10/h3-4,9H,1-2,5-8H2/t9-,10+/m0/s1. The average Bonchev–Trinajstić information content (AvgIpc) is 2.51. The summed E-state index contributed by atoms with van der Waals surface area (Å²) in [6, 6.07) is 0. The lowest BCUT2D eigenvalue weighted by atomic mass is 8.75. The van der Waals surface area contributed by atoms with Gasteiger partial charge in [-0.1, -0.05) is 30.8 Å². The van der Waals surface area contributed by atoms with E-state index in [0.29, 0.717) is 12.3 Å². The van der Waals surface area contributed by atoms with Crippen molar-refractivity contribution in [2.75, 3.05) is 0 Å². The monoisotopic (exact) mass is 245 g/mol. The molecule has 0 aromatic carbocycles. The predicted octanol–water partition coefficient (Wildman–Crippen LogP) is -0.337. The molecule has 0 amide bonds. The van der Waals surface area contributed by atoms with E-state index in [9.17, 15) is 0 Å². The molecule has 0 saturated carbocycles. The first-order valence-corrected chi connectivity index (χ1v) is 7.59. The van der Waals surface area contributed by atoms with Gasteiger partial charge < -0.3 is 0 Å². The molecule has 3 fully saturated rings. The van der Waals surface area contributed by atoms with Crippen LogP contribution in [0.5, 0.6) is 0 Å². The van der Waals surface area contributed by atoms with Gasteiger partial charge in [0.15, 0.2) is 0 Å². The lowest BCUT2D eigenvalue weighted by molar-refractivity contribution is 0.572. The fraction of sp³-hybridized carbons (Fsp3) is 0.600. The molecule has 0 aliphatic carbocycles. The van der Waals surface area contributed by atoms with Gasteiger partial charge in [-0.2, -0.15) is 0 Å². The first-order valence-electron chi connectivity index (χ1n) is 7.59. The van der Waals surface area contributed by atoms with Gasteiger partial charge in [-0.3, -0.25) is 0 Å². The van der Waals surface area contributed by atoms with E-state index in [-0.39, 0.29) is 5.21 Å². The molecule has 3 rings (SSSR count). The van der Waals surface area contributed by atoms with Gasteiger partial charge in [-0.15, -0.1) is 18.4 Å². The molecule has 10 heteroatoms. The van der Waals surface area contributed by atoms with Gasteiger partial charge in [0, 0.05) is 49.4 Å². The van der Waals surface area contributed by atoms with E-state index in [2.05, 4.69) is 76.9 Å². The summed E-state index contributed by atoms with van der Waals surface area (Å²) >= 11 is 0. The lowest BCUT2D eigenvalue weighted by Crippen LogP contribution is -2.62. The van der Waals surface area contributed by atoms with E-state index in [1.165, 1.54) is 12.8 Å². The first-order chi connectivity index (χ1) is 9.82. The Morgan fingerprint density at radius 3 is 2.40 bits per heavy atom. The molecule has 9 radical (unpaired) electrons. The summed E-state index contributed by atoms with van der Waals surface area (Å²) in [4.78, 5) is 0. The Morgan fingerprint density at radius 1 is 0.950 bits per heavy atom. The zero-order valence-electron chi connectivity index (χ0n) is 12.2. The Bertz CT molecular complexity index is 319. The fourth-order valence-electron chi connectivity index (χ4n) is 3.35.